The number of carbonyl (C=O) groups excluding carboxylic acids is 2. The lowest BCUT2D eigenvalue weighted by atomic mass is 9.97. The molecule has 0 aliphatic carbocycles. The summed E-state index contributed by atoms with van der Waals surface area (Å²) in [5, 5.41) is 0.596. The number of benzene rings is 1. The maximum Gasteiger partial charge on any atom is 0.310 e. The number of ether oxygens (including phenoxy) is 1. The minimum absolute atomic E-state index is 0.203. The van der Waals surface area contributed by atoms with E-state index in [0.717, 1.165) is 12.8 Å². The van der Waals surface area contributed by atoms with Crippen LogP contribution in [0.3, 0.4) is 0 Å². The summed E-state index contributed by atoms with van der Waals surface area (Å²) in [5.41, 5.74) is 0.365. The molecule has 0 aromatic heterocycles. The summed E-state index contributed by atoms with van der Waals surface area (Å²) in [5.74, 6) is -0.749. The summed E-state index contributed by atoms with van der Waals surface area (Å²) in [6.45, 7) is 0.962. The summed E-state index contributed by atoms with van der Waals surface area (Å²) in [6.07, 6.45) is 1.50. The molecule has 1 aromatic carbocycles. The summed E-state index contributed by atoms with van der Waals surface area (Å²) >= 11 is 12.0. The zero-order valence-corrected chi connectivity index (χ0v) is 12.6. The fourth-order valence-corrected chi connectivity index (χ4v) is 2.74. The van der Waals surface area contributed by atoms with Gasteiger partial charge in [-0.2, -0.15) is 0 Å². The van der Waals surface area contributed by atoms with Crippen LogP contribution in [-0.2, 0) is 9.53 Å². The highest BCUT2D eigenvalue weighted by molar-refractivity contribution is 6.43. The van der Waals surface area contributed by atoms with Crippen LogP contribution in [0.5, 0.6) is 0 Å². The SMILES string of the molecule is COC(=O)C1CCCN(C(=O)c2cccc(Cl)c2Cl)C1. The number of piperidine rings is 1. The highest BCUT2D eigenvalue weighted by atomic mass is 35.5. The van der Waals surface area contributed by atoms with E-state index in [-0.39, 0.29) is 22.8 Å². The quantitative estimate of drug-likeness (QED) is 0.788. The number of methoxy groups -OCH3 is 1. The van der Waals surface area contributed by atoms with Gasteiger partial charge in [0.2, 0.25) is 0 Å². The predicted molar refractivity (Wildman–Crippen MR) is 77.1 cm³/mol. The predicted octanol–water partition coefficient (Wildman–Crippen LogP) is 3.02. The number of amides is 1. The Kier molecular flexibility index (Phi) is 4.89. The molecule has 1 fully saturated rings. The lowest BCUT2D eigenvalue weighted by molar-refractivity contribution is -0.146. The molecule has 1 atom stereocenters. The van der Waals surface area contributed by atoms with Crippen molar-refractivity contribution in [2.24, 2.45) is 5.92 Å². The first-order valence-electron chi connectivity index (χ1n) is 6.35. The minimum Gasteiger partial charge on any atom is -0.469 e. The Labute approximate surface area is 127 Å². The Morgan fingerprint density at radius 1 is 1.35 bits per heavy atom. The Balaban J connectivity index is 2.16. The second kappa shape index (κ2) is 6.46. The van der Waals surface area contributed by atoms with Crippen LogP contribution in [0.1, 0.15) is 23.2 Å². The zero-order valence-electron chi connectivity index (χ0n) is 11.1. The Hall–Kier alpha value is -1.26. The molecule has 4 nitrogen and oxygen atoms in total. The van der Waals surface area contributed by atoms with Crippen LogP contribution in [0, 0.1) is 5.92 Å². The van der Waals surface area contributed by atoms with Crippen molar-refractivity contribution in [2.45, 2.75) is 12.8 Å². The normalized spacial score (nSPS) is 18.8. The van der Waals surface area contributed by atoms with Gasteiger partial charge in [0.25, 0.3) is 5.91 Å². The van der Waals surface area contributed by atoms with Crippen LogP contribution < -0.4 is 0 Å². The third-order valence-corrected chi connectivity index (χ3v) is 4.24. The number of halogens is 2. The maximum atomic E-state index is 12.5. The summed E-state index contributed by atoms with van der Waals surface area (Å²) in [4.78, 5) is 25.7. The van der Waals surface area contributed by atoms with E-state index in [4.69, 9.17) is 27.9 Å². The van der Waals surface area contributed by atoms with E-state index < -0.39 is 0 Å². The zero-order chi connectivity index (χ0) is 14.7. The van der Waals surface area contributed by atoms with Gasteiger partial charge in [-0.05, 0) is 25.0 Å². The average molecular weight is 316 g/mol. The van der Waals surface area contributed by atoms with Crippen LogP contribution in [0.15, 0.2) is 18.2 Å². The Morgan fingerprint density at radius 2 is 2.10 bits per heavy atom. The van der Waals surface area contributed by atoms with Crippen molar-refractivity contribution in [1.29, 1.82) is 0 Å². The Bertz CT molecular complexity index is 533. The van der Waals surface area contributed by atoms with Gasteiger partial charge in [0.05, 0.1) is 28.6 Å². The largest absolute Gasteiger partial charge is 0.469 e. The van der Waals surface area contributed by atoms with Crippen LogP contribution in [0.2, 0.25) is 10.0 Å². The smallest absolute Gasteiger partial charge is 0.310 e. The van der Waals surface area contributed by atoms with Crippen LogP contribution in [0.25, 0.3) is 0 Å². The number of rotatable bonds is 2. The van der Waals surface area contributed by atoms with Gasteiger partial charge in [-0.1, -0.05) is 29.3 Å². The molecule has 0 N–H and O–H groups in total. The van der Waals surface area contributed by atoms with E-state index in [2.05, 4.69) is 0 Å². The molecule has 1 unspecified atom stereocenters. The molecule has 6 heteroatoms. The van der Waals surface area contributed by atoms with E-state index in [0.29, 0.717) is 23.7 Å². The second-order valence-corrected chi connectivity index (χ2v) is 5.50. The lowest BCUT2D eigenvalue weighted by Gasteiger charge is -2.31. The van der Waals surface area contributed by atoms with Crippen molar-refractivity contribution in [3.05, 3.63) is 33.8 Å². The average Bonchev–Trinajstić information content (AvgIpc) is 2.48. The molecule has 1 aliphatic rings. The molecule has 2 rings (SSSR count). The van der Waals surface area contributed by atoms with E-state index in [1.54, 1.807) is 23.1 Å². The van der Waals surface area contributed by atoms with Crippen molar-refractivity contribution in [1.82, 2.24) is 4.90 Å². The van der Waals surface area contributed by atoms with Gasteiger partial charge in [0, 0.05) is 13.1 Å². The highest BCUT2D eigenvalue weighted by Gasteiger charge is 2.30. The molecule has 0 bridgehead atoms. The summed E-state index contributed by atoms with van der Waals surface area (Å²) in [6, 6.07) is 4.95. The number of hydrogen-bond donors (Lipinski definition) is 0. The second-order valence-electron chi connectivity index (χ2n) is 4.71. The molecule has 1 aromatic rings. The van der Waals surface area contributed by atoms with Gasteiger partial charge in [-0.3, -0.25) is 9.59 Å². The molecule has 0 radical (unpaired) electrons. The van der Waals surface area contributed by atoms with Gasteiger partial charge in [-0.15, -0.1) is 0 Å². The third kappa shape index (κ3) is 3.07. The van der Waals surface area contributed by atoms with Crippen LogP contribution in [-0.4, -0.2) is 37.0 Å². The third-order valence-electron chi connectivity index (χ3n) is 3.43. The number of likely N-dealkylation sites (tertiary alicyclic amines) is 1. The number of hydrogen-bond acceptors (Lipinski definition) is 3. The Morgan fingerprint density at radius 3 is 2.80 bits per heavy atom. The van der Waals surface area contributed by atoms with Gasteiger partial charge in [0.15, 0.2) is 0 Å². The molecule has 0 spiro atoms. The van der Waals surface area contributed by atoms with E-state index in [1.165, 1.54) is 7.11 Å². The maximum absolute atomic E-state index is 12.5. The highest BCUT2D eigenvalue weighted by Crippen LogP contribution is 2.28. The van der Waals surface area contributed by atoms with Gasteiger partial charge in [0.1, 0.15) is 0 Å². The molecule has 20 heavy (non-hydrogen) atoms. The van der Waals surface area contributed by atoms with Gasteiger partial charge < -0.3 is 9.64 Å². The first kappa shape index (κ1) is 15.1. The van der Waals surface area contributed by atoms with Crippen LogP contribution >= 0.6 is 23.2 Å². The van der Waals surface area contributed by atoms with E-state index >= 15 is 0 Å². The van der Waals surface area contributed by atoms with E-state index in [9.17, 15) is 9.59 Å². The number of carbonyl (C=O) groups is 2. The first-order chi connectivity index (χ1) is 9.54. The summed E-state index contributed by atoms with van der Waals surface area (Å²) in [7, 11) is 1.36. The van der Waals surface area contributed by atoms with Crippen molar-refractivity contribution in [3.63, 3.8) is 0 Å². The van der Waals surface area contributed by atoms with E-state index in [1.807, 2.05) is 0 Å². The van der Waals surface area contributed by atoms with Gasteiger partial charge in [-0.25, -0.2) is 0 Å². The molecule has 108 valence electrons. The molecular formula is C14H15Cl2NO3. The first-order valence-corrected chi connectivity index (χ1v) is 7.11. The minimum atomic E-state index is -0.278. The van der Waals surface area contributed by atoms with Gasteiger partial charge >= 0.3 is 5.97 Å². The number of nitrogens with zero attached hydrogens (tertiary/aromatic N) is 1. The van der Waals surface area contributed by atoms with Crippen LogP contribution in [0.4, 0.5) is 0 Å². The summed E-state index contributed by atoms with van der Waals surface area (Å²) < 4.78 is 4.74. The topological polar surface area (TPSA) is 46.6 Å². The van der Waals surface area contributed by atoms with Crippen molar-refractivity contribution < 1.29 is 14.3 Å². The lowest BCUT2D eigenvalue weighted by Crippen LogP contribution is -2.42. The molecule has 1 amide bonds. The monoisotopic (exact) mass is 315 g/mol. The fraction of sp³-hybridized carbons (Fsp3) is 0.429. The number of esters is 1. The standard InChI is InChI=1S/C14H15Cl2NO3/c1-20-14(19)9-4-3-7-17(8-9)13(18)10-5-2-6-11(15)12(10)16/h2,5-6,9H,3-4,7-8H2,1H3. The van der Waals surface area contributed by atoms with Crippen molar-refractivity contribution in [2.75, 3.05) is 20.2 Å². The molecule has 0 saturated carbocycles. The van der Waals surface area contributed by atoms with Crippen molar-refractivity contribution >= 4 is 35.1 Å². The molecule has 1 aliphatic heterocycles. The molecule has 1 heterocycles. The molecular weight excluding hydrogens is 301 g/mol. The van der Waals surface area contributed by atoms with Crippen molar-refractivity contribution in [3.8, 4) is 0 Å². The fourth-order valence-electron chi connectivity index (χ4n) is 2.36. The molecule has 1 saturated heterocycles.